The van der Waals surface area contributed by atoms with Crippen LogP contribution in [0.15, 0.2) is 27.9 Å². The van der Waals surface area contributed by atoms with Gasteiger partial charge in [0.1, 0.15) is 4.90 Å². The molecular weight excluding hydrogens is 292 g/mol. The zero-order valence-electron chi connectivity index (χ0n) is 12.4. The van der Waals surface area contributed by atoms with E-state index in [0.29, 0.717) is 24.5 Å². The highest BCUT2D eigenvalue weighted by Gasteiger charge is 2.28. The molecule has 0 radical (unpaired) electrons. The molecule has 8 heteroatoms. The van der Waals surface area contributed by atoms with Gasteiger partial charge in [-0.15, -0.1) is 0 Å². The van der Waals surface area contributed by atoms with Gasteiger partial charge in [0.15, 0.2) is 0 Å². The summed E-state index contributed by atoms with van der Waals surface area (Å²) < 4.78 is 33.3. The van der Waals surface area contributed by atoms with Gasteiger partial charge in [-0.3, -0.25) is 4.68 Å². The van der Waals surface area contributed by atoms with Crippen molar-refractivity contribution >= 4 is 10.0 Å². The van der Waals surface area contributed by atoms with E-state index in [9.17, 15) is 8.42 Å². The van der Waals surface area contributed by atoms with Crippen LogP contribution in [0.2, 0.25) is 0 Å². The predicted octanol–water partition coefficient (Wildman–Crippen LogP) is 0.872. The second-order valence-corrected chi connectivity index (χ2v) is 6.89. The summed E-state index contributed by atoms with van der Waals surface area (Å²) in [7, 11) is -2.06. The second-order valence-electron chi connectivity index (χ2n) is 4.90. The number of aryl methyl sites for hydroxylation is 1. The van der Waals surface area contributed by atoms with Gasteiger partial charge in [0.25, 0.3) is 0 Å². The molecule has 2 aromatic heterocycles. The normalized spacial score (nSPS) is 12.2. The first-order valence-corrected chi connectivity index (χ1v) is 8.03. The molecule has 0 saturated heterocycles. The monoisotopic (exact) mass is 312 g/mol. The van der Waals surface area contributed by atoms with Crippen LogP contribution in [0.5, 0.6) is 0 Å². The molecular formula is C13H20N4O3S. The van der Waals surface area contributed by atoms with Crippen LogP contribution in [0.25, 0.3) is 0 Å². The lowest BCUT2D eigenvalue weighted by Crippen LogP contribution is -2.27. The summed E-state index contributed by atoms with van der Waals surface area (Å²) in [6.45, 7) is 4.59. The summed E-state index contributed by atoms with van der Waals surface area (Å²) in [6, 6.07) is 1.74. The topological polar surface area (TPSA) is 94.4 Å². The largest absolute Gasteiger partial charge is 0.472 e. The highest BCUT2D eigenvalue weighted by molar-refractivity contribution is 7.89. The van der Waals surface area contributed by atoms with Crippen LogP contribution in [0.3, 0.4) is 0 Å². The first-order chi connectivity index (χ1) is 9.87. The maximum Gasteiger partial charge on any atom is 0.246 e. The Hall–Kier alpha value is -1.64. The average Bonchev–Trinajstić information content (AvgIpc) is 2.99. The van der Waals surface area contributed by atoms with Crippen molar-refractivity contribution in [3.05, 3.63) is 35.5 Å². The summed E-state index contributed by atoms with van der Waals surface area (Å²) in [6.07, 6.45) is 3.05. The summed E-state index contributed by atoms with van der Waals surface area (Å²) in [5.41, 5.74) is 7.41. The van der Waals surface area contributed by atoms with Crippen LogP contribution in [0.4, 0.5) is 0 Å². The Morgan fingerprint density at radius 3 is 2.71 bits per heavy atom. The van der Waals surface area contributed by atoms with Crippen molar-refractivity contribution in [2.75, 3.05) is 13.6 Å². The minimum absolute atomic E-state index is 0.250. The van der Waals surface area contributed by atoms with Crippen LogP contribution < -0.4 is 5.73 Å². The van der Waals surface area contributed by atoms with Gasteiger partial charge in [-0.2, -0.15) is 9.40 Å². The van der Waals surface area contributed by atoms with Crippen molar-refractivity contribution in [3.8, 4) is 0 Å². The Balaban J connectivity index is 2.35. The van der Waals surface area contributed by atoms with Crippen LogP contribution in [-0.4, -0.2) is 36.1 Å². The van der Waals surface area contributed by atoms with Gasteiger partial charge < -0.3 is 10.2 Å². The first-order valence-electron chi connectivity index (χ1n) is 6.59. The van der Waals surface area contributed by atoms with Gasteiger partial charge >= 0.3 is 0 Å². The molecule has 0 fully saturated rings. The molecule has 0 bridgehead atoms. The standard InChI is InChI=1S/C13H20N4O3S/c1-10-13(11(2)17(15-10)6-5-14)21(18,19)16(3)8-12-4-7-20-9-12/h4,7,9H,5-6,8,14H2,1-3H3. The molecule has 2 heterocycles. The molecule has 0 unspecified atom stereocenters. The minimum Gasteiger partial charge on any atom is -0.472 e. The fraction of sp³-hybridized carbons (Fsp3) is 0.462. The number of rotatable bonds is 6. The molecule has 0 aromatic carbocycles. The molecule has 0 aliphatic carbocycles. The van der Waals surface area contributed by atoms with Gasteiger partial charge in [0, 0.05) is 25.7 Å². The van der Waals surface area contributed by atoms with Crippen molar-refractivity contribution in [1.82, 2.24) is 14.1 Å². The molecule has 0 saturated carbocycles. The highest BCUT2D eigenvalue weighted by Crippen LogP contribution is 2.23. The molecule has 7 nitrogen and oxygen atoms in total. The van der Waals surface area contributed by atoms with Gasteiger partial charge in [0.05, 0.1) is 30.5 Å². The zero-order chi connectivity index (χ0) is 15.6. The molecule has 0 amide bonds. The van der Waals surface area contributed by atoms with E-state index in [2.05, 4.69) is 5.10 Å². The molecule has 21 heavy (non-hydrogen) atoms. The fourth-order valence-corrected chi connectivity index (χ4v) is 3.80. The third-order valence-electron chi connectivity index (χ3n) is 3.31. The number of nitrogens with two attached hydrogens (primary N) is 1. The molecule has 2 aromatic rings. The lowest BCUT2D eigenvalue weighted by Gasteiger charge is -2.16. The Kier molecular flexibility index (Phi) is 4.50. The Labute approximate surface area is 124 Å². The van der Waals surface area contributed by atoms with Crippen LogP contribution in [-0.2, 0) is 23.1 Å². The second kappa shape index (κ2) is 6.00. The highest BCUT2D eigenvalue weighted by atomic mass is 32.2. The lowest BCUT2D eigenvalue weighted by atomic mass is 10.3. The third-order valence-corrected chi connectivity index (χ3v) is 5.37. The first kappa shape index (κ1) is 15.7. The third kappa shape index (κ3) is 3.02. The molecule has 2 N–H and O–H groups in total. The van der Waals surface area contributed by atoms with E-state index >= 15 is 0 Å². The molecule has 0 atom stereocenters. The summed E-state index contributed by atoms with van der Waals surface area (Å²) >= 11 is 0. The maximum atomic E-state index is 12.7. The molecule has 0 aliphatic rings. The summed E-state index contributed by atoms with van der Waals surface area (Å²) in [5.74, 6) is 0. The van der Waals surface area contributed by atoms with Crippen molar-refractivity contribution in [2.24, 2.45) is 5.73 Å². The van der Waals surface area contributed by atoms with Crippen molar-refractivity contribution in [1.29, 1.82) is 0 Å². The number of hydrogen-bond acceptors (Lipinski definition) is 5. The van der Waals surface area contributed by atoms with Gasteiger partial charge in [-0.05, 0) is 19.9 Å². The SMILES string of the molecule is Cc1nn(CCN)c(C)c1S(=O)(=O)N(C)Cc1ccoc1. The van der Waals surface area contributed by atoms with Crippen molar-refractivity contribution in [2.45, 2.75) is 31.8 Å². The van der Waals surface area contributed by atoms with E-state index in [1.807, 2.05) is 0 Å². The van der Waals surface area contributed by atoms with Crippen molar-refractivity contribution < 1.29 is 12.8 Å². The van der Waals surface area contributed by atoms with E-state index in [4.69, 9.17) is 10.2 Å². The summed E-state index contributed by atoms with van der Waals surface area (Å²) in [4.78, 5) is 0.252. The van der Waals surface area contributed by atoms with Gasteiger partial charge in [-0.25, -0.2) is 8.42 Å². The van der Waals surface area contributed by atoms with Crippen LogP contribution >= 0.6 is 0 Å². The Morgan fingerprint density at radius 1 is 1.43 bits per heavy atom. The minimum atomic E-state index is -3.61. The average molecular weight is 312 g/mol. The van der Waals surface area contributed by atoms with E-state index < -0.39 is 10.0 Å². The number of aromatic nitrogens is 2. The van der Waals surface area contributed by atoms with Crippen LogP contribution in [0, 0.1) is 13.8 Å². The lowest BCUT2D eigenvalue weighted by molar-refractivity contribution is 0.462. The van der Waals surface area contributed by atoms with Gasteiger partial charge in [-0.1, -0.05) is 0 Å². The van der Waals surface area contributed by atoms with E-state index in [0.717, 1.165) is 5.56 Å². The van der Waals surface area contributed by atoms with Gasteiger partial charge in [0.2, 0.25) is 10.0 Å². The number of sulfonamides is 1. The predicted molar refractivity (Wildman–Crippen MR) is 78.1 cm³/mol. The fourth-order valence-electron chi connectivity index (χ4n) is 2.27. The quantitative estimate of drug-likeness (QED) is 0.854. The van der Waals surface area contributed by atoms with E-state index in [-0.39, 0.29) is 11.4 Å². The molecule has 0 aliphatic heterocycles. The Morgan fingerprint density at radius 2 is 2.14 bits per heavy atom. The maximum absolute atomic E-state index is 12.7. The molecule has 0 spiro atoms. The summed E-state index contributed by atoms with van der Waals surface area (Å²) in [5, 5.41) is 4.26. The van der Waals surface area contributed by atoms with E-state index in [1.54, 1.807) is 31.6 Å². The smallest absolute Gasteiger partial charge is 0.246 e. The number of hydrogen-bond donors (Lipinski definition) is 1. The van der Waals surface area contributed by atoms with Crippen molar-refractivity contribution in [3.63, 3.8) is 0 Å². The van der Waals surface area contributed by atoms with E-state index in [1.165, 1.54) is 16.8 Å². The molecule has 2 rings (SSSR count). The number of furan rings is 1. The zero-order valence-corrected chi connectivity index (χ0v) is 13.2. The van der Waals surface area contributed by atoms with Crippen LogP contribution in [0.1, 0.15) is 17.0 Å². The Bertz CT molecular complexity index is 704. The number of nitrogens with zero attached hydrogens (tertiary/aromatic N) is 3. The molecule has 116 valence electrons.